The van der Waals surface area contributed by atoms with E-state index in [2.05, 4.69) is 71.1 Å². The van der Waals surface area contributed by atoms with Gasteiger partial charge < -0.3 is 19.4 Å². The van der Waals surface area contributed by atoms with Crippen LogP contribution in [0.4, 0.5) is 11.4 Å². The van der Waals surface area contributed by atoms with E-state index in [0.717, 1.165) is 31.9 Å². The van der Waals surface area contributed by atoms with Gasteiger partial charge in [0.25, 0.3) is 0 Å². The molecule has 4 nitrogen and oxygen atoms in total. The van der Waals surface area contributed by atoms with Crippen LogP contribution < -0.4 is 14.5 Å². The molecule has 5 rings (SSSR count). The van der Waals surface area contributed by atoms with Gasteiger partial charge in [0.05, 0.1) is 18.0 Å². The maximum Gasteiger partial charge on any atom is 0.122 e. The lowest BCUT2D eigenvalue weighted by atomic mass is 9.89. The molecule has 148 valence electrons. The number of fused-ring (bicyclic) bond motifs is 3. The van der Waals surface area contributed by atoms with Crippen LogP contribution in [0.1, 0.15) is 30.4 Å². The van der Waals surface area contributed by atoms with Crippen molar-refractivity contribution in [2.45, 2.75) is 31.7 Å². The second-order valence-corrected chi connectivity index (χ2v) is 8.38. The molecule has 3 aliphatic heterocycles. The fraction of sp³-hybridized carbons (Fsp3) is 0.500. The highest BCUT2D eigenvalue weighted by Gasteiger charge is 2.44. The van der Waals surface area contributed by atoms with Crippen LogP contribution in [-0.2, 0) is 6.42 Å². The summed E-state index contributed by atoms with van der Waals surface area (Å²) in [5.41, 5.74) is 5.86. The smallest absolute Gasteiger partial charge is 0.122 e. The van der Waals surface area contributed by atoms with Crippen LogP contribution in [0.25, 0.3) is 0 Å². The maximum atomic E-state index is 5.82. The Morgan fingerprint density at radius 1 is 1.04 bits per heavy atom. The molecule has 0 aromatic heterocycles. The van der Waals surface area contributed by atoms with E-state index in [1.54, 1.807) is 5.56 Å². The lowest BCUT2D eigenvalue weighted by Crippen LogP contribution is -2.49. The standard InChI is InChI=1S/C24H31N3O/c1-3-28-23-10-5-4-7-18(23)11-13-26-14-12-21-20(17-26)19-8-6-9-22-24(19)27(21)16-15-25(22)2/h4-10,20-21H,3,11-17H2,1-2H3. The van der Waals surface area contributed by atoms with Crippen molar-refractivity contribution in [2.24, 2.45) is 0 Å². The van der Waals surface area contributed by atoms with E-state index in [1.165, 1.54) is 43.0 Å². The third-order valence-corrected chi connectivity index (χ3v) is 6.85. The number of rotatable bonds is 5. The van der Waals surface area contributed by atoms with Crippen molar-refractivity contribution in [3.8, 4) is 5.75 Å². The minimum absolute atomic E-state index is 0.650. The normalized spacial score (nSPS) is 23.5. The zero-order valence-corrected chi connectivity index (χ0v) is 17.1. The Bertz CT molecular complexity index is 851. The molecule has 3 aliphatic rings. The Labute approximate surface area is 168 Å². The monoisotopic (exact) mass is 377 g/mol. The first kappa shape index (κ1) is 17.9. The lowest BCUT2D eigenvalue weighted by Gasteiger charge is -2.41. The van der Waals surface area contributed by atoms with E-state index in [-0.39, 0.29) is 0 Å². The minimum Gasteiger partial charge on any atom is -0.494 e. The van der Waals surface area contributed by atoms with Gasteiger partial charge in [0.2, 0.25) is 0 Å². The highest BCUT2D eigenvalue weighted by molar-refractivity contribution is 5.80. The van der Waals surface area contributed by atoms with Crippen LogP contribution >= 0.6 is 0 Å². The molecule has 4 heteroatoms. The van der Waals surface area contributed by atoms with Crippen molar-refractivity contribution in [2.75, 3.05) is 56.2 Å². The predicted molar refractivity (Wildman–Crippen MR) is 116 cm³/mol. The summed E-state index contributed by atoms with van der Waals surface area (Å²) in [4.78, 5) is 7.82. The van der Waals surface area contributed by atoms with Crippen LogP contribution in [0.5, 0.6) is 5.75 Å². The summed E-state index contributed by atoms with van der Waals surface area (Å²) in [6, 6.07) is 16.1. The van der Waals surface area contributed by atoms with Crippen molar-refractivity contribution >= 4 is 11.4 Å². The summed E-state index contributed by atoms with van der Waals surface area (Å²) >= 11 is 0. The van der Waals surface area contributed by atoms with Gasteiger partial charge in [-0.1, -0.05) is 30.3 Å². The summed E-state index contributed by atoms with van der Waals surface area (Å²) in [6.45, 7) is 8.59. The van der Waals surface area contributed by atoms with E-state index in [9.17, 15) is 0 Å². The summed E-state index contributed by atoms with van der Waals surface area (Å²) in [5, 5.41) is 0. The number of ether oxygens (including phenoxy) is 1. The zero-order valence-electron chi connectivity index (χ0n) is 17.1. The molecule has 0 aliphatic carbocycles. The fourth-order valence-corrected chi connectivity index (χ4v) is 5.46. The van der Waals surface area contributed by atoms with Crippen molar-refractivity contribution in [3.05, 3.63) is 53.6 Å². The van der Waals surface area contributed by atoms with E-state index in [0.29, 0.717) is 12.0 Å². The van der Waals surface area contributed by atoms with Crippen molar-refractivity contribution < 1.29 is 4.74 Å². The second-order valence-electron chi connectivity index (χ2n) is 8.38. The van der Waals surface area contributed by atoms with Crippen molar-refractivity contribution in [1.82, 2.24) is 4.90 Å². The molecule has 3 heterocycles. The van der Waals surface area contributed by atoms with Gasteiger partial charge in [0, 0.05) is 51.7 Å². The first-order valence-electron chi connectivity index (χ1n) is 10.8. The number of anilines is 2. The molecule has 0 N–H and O–H groups in total. The number of nitrogens with zero attached hydrogens (tertiary/aromatic N) is 3. The number of hydrogen-bond acceptors (Lipinski definition) is 4. The van der Waals surface area contributed by atoms with Crippen LogP contribution in [0.15, 0.2) is 42.5 Å². The second kappa shape index (κ2) is 7.32. The Kier molecular flexibility index (Phi) is 4.67. The number of para-hydroxylation sites is 2. The molecular formula is C24H31N3O. The Morgan fingerprint density at radius 3 is 2.82 bits per heavy atom. The molecule has 2 unspecified atom stereocenters. The predicted octanol–water partition coefficient (Wildman–Crippen LogP) is 3.76. The van der Waals surface area contributed by atoms with Crippen LogP contribution in [-0.4, -0.2) is 57.3 Å². The Morgan fingerprint density at radius 2 is 1.93 bits per heavy atom. The highest BCUT2D eigenvalue weighted by Crippen LogP contribution is 2.50. The number of likely N-dealkylation sites (N-methyl/N-ethyl adjacent to an activating group) is 1. The molecule has 0 radical (unpaired) electrons. The number of hydrogen-bond donors (Lipinski definition) is 0. The van der Waals surface area contributed by atoms with Crippen molar-refractivity contribution in [3.63, 3.8) is 0 Å². The molecule has 0 saturated carbocycles. The summed E-state index contributed by atoms with van der Waals surface area (Å²) < 4.78 is 5.82. The largest absolute Gasteiger partial charge is 0.494 e. The summed E-state index contributed by atoms with van der Waals surface area (Å²) in [7, 11) is 2.23. The third kappa shape index (κ3) is 2.95. The van der Waals surface area contributed by atoms with Crippen LogP contribution in [0.3, 0.4) is 0 Å². The Hall–Kier alpha value is -2.20. The number of benzene rings is 2. The van der Waals surface area contributed by atoms with Gasteiger partial charge >= 0.3 is 0 Å². The summed E-state index contributed by atoms with van der Waals surface area (Å²) in [6.07, 6.45) is 2.34. The quantitative estimate of drug-likeness (QED) is 0.790. The molecule has 2 aromatic rings. The highest BCUT2D eigenvalue weighted by atomic mass is 16.5. The summed E-state index contributed by atoms with van der Waals surface area (Å²) in [5.74, 6) is 1.70. The fourth-order valence-electron chi connectivity index (χ4n) is 5.46. The maximum absolute atomic E-state index is 5.82. The average Bonchev–Trinajstić information content (AvgIpc) is 3.05. The van der Waals surface area contributed by atoms with Gasteiger partial charge in [-0.3, -0.25) is 0 Å². The topological polar surface area (TPSA) is 19.0 Å². The van der Waals surface area contributed by atoms with E-state index in [1.807, 2.05) is 0 Å². The molecular weight excluding hydrogens is 346 g/mol. The van der Waals surface area contributed by atoms with Gasteiger partial charge in [-0.15, -0.1) is 0 Å². The molecule has 0 amide bonds. The first-order chi connectivity index (χ1) is 13.8. The molecule has 28 heavy (non-hydrogen) atoms. The minimum atomic E-state index is 0.650. The van der Waals surface area contributed by atoms with Gasteiger partial charge in [0.15, 0.2) is 0 Å². The number of piperidine rings is 1. The lowest BCUT2D eigenvalue weighted by molar-refractivity contribution is 0.194. The SMILES string of the molecule is CCOc1ccccc1CCN1CCC2C(C1)c1cccc3c1N2CCN3C. The Balaban J connectivity index is 1.32. The molecule has 2 aromatic carbocycles. The molecule has 0 bridgehead atoms. The van der Waals surface area contributed by atoms with Crippen LogP contribution in [0.2, 0.25) is 0 Å². The van der Waals surface area contributed by atoms with E-state index >= 15 is 0 Å². The van der Waals surface area contributed by atoms with Crippen LogP contribution in [0, 0.1) is 0 Å². The number of likely N-dealkylation sites (tertiary alicyclic amines) is 1. The van der Waals surface area contributed by atoms with Crippen molar-refractivity contribution in [1.29, 1.82) is 0 Å². The molecule has 2 atom stereocenters. The average molecular weight is 378 g/mol. The van der Waals surface area contributed by atoms with E-state index < -0.39 is 0 Å². The zero-order chi connectivity index (χ0) is 19.1. The van der Waals surface area contributed by atoms with E-state index in [4.69, 9.17) is 4.74 Å². The molecule has 1 saturated heterocycles. The third-order valence-electron chi connectivity index (χ3n) is 6.85. The van der Waals surface area contributed by atoms with Gasteiger partial charge in [-0.05, 0) is 43.0 Å². The molecule has 0 spiro atoms. The first-order valence-corrected chi connectivity index (χ1v) is 10.8. The van der Waals surface area contributed by atoms with Gasteiger partial charge in [-0.2, -0.15) is 0 Å². The molecule has 1 fully saturated rings. The van der Waals surface area contributed by atoms with Gasteiger partial charge in [0.1, 0.15) is 5.75 Å². The van der Waals surface area contributed by atoms with Gasteiger partial charge in [-0.25, -0.2) is 0 Å².